The fourth-order valence-corrected chi connectivity index (χ4v) is 3.55. The van der Waals surface area contributed by atoms with Crippen molar-refractivity contribution in [1.82, 2.24) is 20.2 Å². The third-order valence-corrected chi connectivity index (χ3v) is 5.01. The molecule has 1 aromatic carbocycles. The molecule has 1 amide bonds. The van der Waals surface area contributed by atoms with Gasteiger partial charge in [-0.1, -0.05) is 24.3 Å². The number of fused-ring (bicyclic) bond motifs is 2. The average molecular weight is 380 g/mol. The van der Waals surface area contributed by atoms with Crippen molar-refractivity contribution >= 4 is 17.0 Å². The number of carbonyl (C=O) groups is 1. The molecule has 3 aromatic rings. The van der Waals surface area contributed by atoms with Crippen LogP contribution in [0.3, 0.4) is 0 Å². The largest absolute Gasteiger partial charge is 0.441 e. The van der Waals surface area contributed by atoms with Crippen LogP contribution >= 0.6 is 0 Å². The van der Waals surface area contributed by atoms with Gasteiger partial charge in [0, 0.05) is 51.3 Å². The first kappa shape index (κ1) is 18.6. The summed E-state index contributed by atoms with van der Waals surface area (Å²) >= 11 is 0. The molecular formula is C21H24N4O3. The molecule has 0 radical (unpaired) electrons. The maximum atomic E-state index is 12.1. The molecule has 1 aliphatic rings. The summed E-state index contributed by atoms with van der Waals surface area (Å²) < 4.78 is 5.59. The van der Waals surface area contributed by atoms with Crippen LogP contribution < -0.4 is 5.32 Å². The van der Waals surface area contributed by atoms with Gasteiger partial charge < -0.3 is 14.8 Å². The Morgan fingerprint density at radius 3 is 3.00 bits per heavy atom. The van der Waals surface area contributed by atoms with Crippen LogP contribution in [0.1, 0.15) is 23.4 Å². The number of β-amino-alcohol motifs (C(OH)–C–C–N with tert-alkyl or cyclic N) is 1. The molecule has 7 heteroatoms. The van der Waals surface area contributed by atoms with Crippen LogP contribution in [-0.4, -0.2) is 51.6 Å². The fraction of sp³-hybridized carbons (Fsp3) is 0.381. The number of aliphatic hydroxyl groups is 1. The van der Waals surface area contributed by atoms with Gasteiger partial charge in [0.25, 0.3) is 0 Å². The molecule has 0 aliphatic carbocycles. The molecular weight excluding hydrogens is 356 g/mol. The predicted octanol–water partition coefficient (Wildman–Crippen LogP) is 1.69. The average Bonchev–Trinajstić information content (AvgIpc) is 3.14. The first-order valence-corrected chi connectivity index (χ1v) is 9.61. The molecule has 0 saturated heterocycles. The smallest absolute Gasteiger partial charge is 0.220 e. The van der Waals surface area contributed by atoms with Gasteiger partial charge in [0.2, 0.25) is 5.91 Å². The maximum absolute atomic E-state index is 12.1. The second kappa shape index (κ2) is 8.50. The summed E-state index contributed by atoms with van der Waals surface area (Å²) in [5.41, 5.74) is 4.07. The summed E-state index contributed by atoms with van der Waals surface area (Å²) in [7, 11) is 0. The number of aromatic nitrogens is 2. The molecule has 2 N–H and O–H groups in total. The molecule has 1 atom stereocenters. The third-order valence-electron chi connectivity index (χ3n) is 5.01. The molecule has 146 valence electrons. The lowest BCUT2D eigenvalue weighted by atomic mass is 10.00. The van der Waals surface area contributed by atoms with Crippen molar-refractivity contribution in [2.24, 2.45) is 0 Å². The van der Waals surface area contributed by atoms with Crippen LogP contribution in [0.5, 0.6) is 0 Å². The Kier molecular flexibility index (Phi) is 5.64. The molecule has 0 saturated carbocycles. The topological polar surface area (TPSA) is 91.5 Å². The Morgan fingerprint density at radius 2 is 2.14 bits per heavy atom. The van der Waals surface area contributed by atoms with E-state index >= 15 is 0 Å². The summed E-state index contributed by atoms with van der Waals surface area (Å²) in [4.78, 5) is 22.6. The van der Waals surface area contributed by atoms with Crippen LogP contribution in [0, 0.1) is 0 Å². The van der Waals surface area contributed by atoms with E-state index in [1.165, 1.54) is 11.1 Å². The number of nitrogens with zero attached hydrogens (tertiary/aromatic N) is 3. The zero-order chi connectivity index (χ0) is 19.3. The highest BCUT2D eigenvalue weighted by Crippen LogP contribution is 2.18. The van der Waals surface area contributed by atoms with Crippen LogP contribution in [0.15, 0.2) is 47.1 Å². The second-order valence-corrected chi connectivity index (χ2v) is 7.16. The van der Waals surface area contributed by atoms with Crippen molar-refractivity contribution in [1.29, 1.82) is 0 Å². The van der Waals surface area contributed by atoms with E-state index in [0.29, 0.717) is 30.0 Å². The number of rotatable bonds is 7. The molecule has 3 heterocycles. The first-order valence-electron chi connectivity index (χ1n) is 9.61. The monoisotopic (exact) mass is 380 g/mol. The van der Waals surface area contributed by atoms with E-state index < -0.39 is 6.10 Å². The van der Waals surface area contributed by atoms with Crippen molar-refractivity contribution in [2.75, 3.05) is 19.6 Å². The molecule has 1 unspecified atom stereocenters. The number of oxazole rings is 1. The van der Waals surface area contributed by atoms with Gasteiger partial charge in [0.1, 0.15) is 5.52 Å². The van der Waals surface area contributed by atoms with Gasteiger partial charge in [-0.25, -0.2) is 4.98 Å². The van der Waals surface area contributed by atoms with Gasteiger partial charge in [-0.05, 0) is 17.5 Å². The Labute approximate surface area is 163 Å². The van der Waals surface area contributed by atoms with Crippen molar-refractivity contribution < 1.29 is 14.3 Å². The summed E-state index contributed by atoms with van der Waals surface area (Å²) in [5, 5.41) is 13.1. The van der Waals surface area contributed by atoms with Crippen molar-refractivity contribution in [3.8, 4) is 0 Å². The molecule has 2 aromatic heterocycles. The number of benzene rings is 1. The molecule has 1 aliphatic heterocycles. The summed E-state index contributed by atoms with van der Waals surface area (Å²) in [5.74, 6) is 0.397. The van der Waals surface area contributed by atoms with E-state index in [0.717, 1.165) is 19.5 Å². The van der Waals surface area contributed by atoms with Crippen molar-refractivity contribution in [3.05, 3.63) is 59.7 Å². The number of aliphatic hydroxyl groups excluding tert-OH is 1. The number of hydrogen-bond acceptors (Lipinski definition) is 6. The van der Waals surface area contributed by atoms with Gasteiger partial charge in [-0.15, -0.1) is 0 Å². The van der Waals surface area contributed by atoms with Gasteiger partial charge >= 0.3 is 0 Å². The summed E-state index contributed by atoms with van der Waals surface area (Å²) in [6.45, 7) is 2.56. The Hall–Kier alpha value is -2.77. The lowest BCUT2D eigenvalue weighted by Gasteiger charge is -2.30. The highest BCUT2D eigenvalue weighted by Gasteiger charge is 2.18. The Morgan fingerprint density at radius 1 is 1.29 bits per heavy atom. The number of aryl methyl sites for hydroxylation is 1. The minimum Gasteiger partial charge on any atom is -0.441 e. The second-order valence-electron chi connectivity index (χ2n) is 7.16. The summed E-state index contributed by atoms with van der Waals surface area (Å²) in [6.07, 6.45) is 4.37. The van der Waals surface area contributed by atoms with E-state index in [1.807, 2.05) is 6.07 Å². The first-order chi connectivity index (χ1) is 13.7. The van der Waals surface area contributed by atoms with Crippen LogP contribution in [0.25, 0.3) is 11.1 Å². The summed E-state index contributed by atoms with van der Waals surface area (Å²) in [6, 6.07) is 10.2. The van der Waals surface area contributed by atoms with Crippen LogP contribution in [0.2, 0.25) is 0 Å². The normalized spacial score (nSPS) is 15.3. The molecule has 28 heavy (non-hydrogen) atoms. The van der Waals surface area contributed by atoms with Gasteiger partial charge in [0.15, 0.2) is 11.5 Å². The molecule has 0 fully saturated rings. The quantitative estimate of drug-likeness (QED) is 0.648. The third kappa shape index (κ3) is 4.55. The van der Waals surface area contributed by atoms with E-state index in [9.17, 15) is 9.90 Å². The number of amides is 1. The van der Waals surface area contributed by atoms with E-state index in [1.54, 1.807) is 18.5 Å². The number of carbonyl (C=O) groups excluding carboxylic acids is 1. The maximum Gasteiger partial charge on any atom is 0.220 e. The van der Waals surface area contributed by atoms with Crippen molar-refractivity contribution in [2.45, 2.75) is 31.9 Å². The van der Waals surface area contributed by atoms with E-state index in [-0.39, 0.29) is 18.9 Å². The highest BCUT2D eigenvalue weighted by atomic mass is 16.3. The van der Waals surface area contributed by atoms with E-state index in [4.69, 9.17) is 4.42 Å². The predicted molar refractivity (Wildman–Crippen MR) is 105 cm³/mol. The number of nitrogens with one attached hydrogen (secondary N) is 1. The Bertz CT molecular complexity index is 922. The van der Waals surface area contributed by atoms with Crippen LogP contribution in [-0.2, 0) is 24.2 Å². The minimum absolute atomic E-state index is 0.122. The standard InChI is InChI=1S/C21H24N4O3/c26-17(14-25-10-8-15-3-1-2-4-16(15)13-25)11-23-20(27)5-6-21-24-18-12-22-9-7-19(18)28-21/h1-4,7,9,12,17,26H,5-6,8,10-11,13-14H2,(H,23,27). The van der Waals surface area contributed by atoms with Gasteiger partial charge in [-0.2, -0.15) is 0 Å². The highest BCUT2D eigenvalue weighted by molar-refractivity contribution is 5.76. The van der Waals surface area contributed by atoms with Crippen LogP contribution in [0.4, 0.5) is 0 Å². The molecule has 7 nitrogen and oxygen atoms in total. The van der Waals surface area contributed by atoms with Gasteiger partial charge in [0.05, 0.1) is 12.3 Å². The minimum atomic E-state index is -0.593. The number of hydrogen-bond donors (Lipinski definition) is 2. The Balaban J connectivity index is 1.19. The lowest BCUT2D eigenvalue weighted by molar-refractivity contribution is -0.121. The number of pyridine rings is 1. The van der Waals surface area contributed by atoms with Gasteiger partial charge in [-0.3, -0.25) is 14.7 Å². The lowest BCUT2D eigenvalue weighted by Crippen LogP contribution is -2.42. The fourth-order valence-electron chi connectivity index (χ4n) is 3.55. The molecule has 0 bridgehead atoms. The zero-order valence-corrected chi connectivity index (χ0v) is 15.7. The SMILES string of the molecule is O=C(CCc1nc2cnccc2o1)NCC(O)CN1CCc2ccccc2C1. The molecule has 0 spiro atoms. The van der Waals surface area contributed by atoms with Crippen molar-refractivity contribution in [3.63, 3.8) is 0 Å². The molecule has 4 rings (SSSR count). The zero-order valence-electron chi connectivity index (χ0n) is 15.7. The van der Waals surface area contributed by atoms with E-state index in [2.05, 4.69) is 38.4 Å².